The van der Waals surface area contributed by atoms with Gasteiger partial charge in [-0.1, -0.05) is 62.4 Å². The van der Waals surface area contributed by atoms with E-state index in [1.54, 1.807) is 0 Å². The molecule has 0 N–H and O–H groups in total. The van der Waals surface area contributed by atoms with Gasteiger partial charge in [0.05, 0.1) is 5.56 Å². The summed E-state index contributed by atoms with van der Waals surface area (Å²) < 4.78 is 26.4. The Hall–Kier alpha value is -3.13. The number of furan rings is 1. The minimum Gasteiger partial charge on any atom is -0.456 e. The molecule has 32 heavy (non-hydrogen) atoms. The number of nitrogens with zero attached hydrogens (tertiary/aromatic N) is 1. The Labute approximate surface area is 192 Å². The molecule has 0 radical (unpaired) electrons. The lowest BCUT2D eigenvalue weighted by atomic mass is 9.85. The molecular weight excluding hydrogens is 390 g/mol. The van der Waals surface area contributed by atoms with E-state index in [1.807, 2.05) is 19.3 Å². The van der Waals surface area contributed by atoms with Crippen LogP contribution in [0.5, 0.6) is 0 Å². The van der Waals surface area contributed by atoms with Crippen LogP contribution in [0.1, 0.15) is 46.0 Å². The average Bonchev–Trinajstić information content (AvgIpc) is 3.25. The smallest absolute Gasteiger partial charge is 0.212 e. The maximum atomic E-state index is 8.96. The van der Waals surface area contributed by atoms with E-state index in [0.29, 0.717) is 0 Å². The number of hydrogen-bond donors (Lipinski definition) is 0. The minimum atomic E-state index is -1.32. The van der Waals surface area contributed by atoms with E-state index in [4.69, 9.17) is 7.16 Å². The van der Waals surface area contributed by atoms with E-state index in [2.05, 4.69) is 66.1 Å². The van der Waals surface area contributed by atoms with E-state index in [-0.39, 0.29) is 5.92 Å². The summed E-state index contributed by atoms with van der Waals surface area (Å²) in [5, 5.41) is 4.71. The quantitative estimate of drug-likeness (QED) is 0.273. The van der Waals surface area contributed by atoms with Gasteiger partial charge in [0.2, 0.25) is 5.69 Å². The third kappa shape index (κ3) is 3.21. The second-order valence-electron chi connectivity index (χ2n) is 9.27. The van der Waals surface area contributed by atoms with Crippen LogP contribution in [-0.4, -0.2) is 0 Å². The molecule has 0 saturated heterocycles. The van der Waals surface area contributed by atoms with Gasteiger partial charge in [-0.15, -0.1) is 0 Å². The normalized spacial score (nSPS) is 16.6. The molecule has 1 saturated carbocycles. The molecule has 0 atom stereocenters. The third-order valence-corrected chi connectivity index (χ3v) is 7.18. The molecule has 2 nitrogen and oxygen atoms in total. The first-order valence-corrected chi connectivity index (χ1v) is 11.8. The van der Waals surface area contributed by atoms with Gasteiger partial charge in [0.1, 0.15) is 18.2 Å². The van der Waals surface area contributed by atoms with Crippen LogP contribution in [-0.2, 0) is 13.4 Å². The van der Waals surface area contributed by atoms with Crippen molar-refractivity contribution in [2.24, 2.45) is 13.0 Å². The van der Waals surface area contributed by atoms with Crippen LogP contribution < -0.4 is 4.57 Å². The fraction of sp³-hybridized carbons (Fsp3) is 0.300. The number of aryl methyl sites for hydroxylation is 2. The molecular formula is C30H30NO+. The Morgan fingerprint density at radius 1 is 0.969 bits per heavy atom. The Morgan fingerprint density at radius 3 is 2.69 bits per heavy atom. The summed E-state index contributed by atoms with van der Waals surface area (Å²) >= 11 is 0. The Bertz CT molecular complexity index is 1540. The van der Waals surface area contributed by atoms with Crippen molar-refractivity contribution in [1.29, 1.82) is 0 Å². The van der Waals surface area contributed by atoms with Crippen LogP contribution in [0.3, 0.4) is 0 Å². The van der Waals surface area contributed by atoms with Gasteiger partial charge < -0.3 is 4.42 Å². The number of aromatic nitrogens is 1. The highest BCUT2D eigenvalue weighted by atomic mass is 16.3. The lowest BCUT2D eigenvalue weighted by Gasteiger charge is -2.21. The van der Waals surface area contributed by atoms with Crippen LogP contribution in [0.2, 0.25) is 0 Å². The van der Waals surface area contributed by atoms with E-state index in [1.165, 1.54) is 17.2 Å². The van der Waals surface area contributed by atoms with Crippen LogP contribution in [0.4, 0.5) is 0 Å². The topological polar surface area (TPSA) is 17.0 Å². The highest BCUT2D eigenvalue weighted by Crippen LogP contribution is 2.38. The van der Waals surface area contributed by atoms with Crippen molar-refractivity contribution in [2.75, 3.05) is 0 Å². The molecule has 3 aromatic carbocycles. The second kappa shape index (κ2) is 7.78. The third-order valence-electron chi connectivity index (χ3n) is 7.18. The SMILES string of the molecule is [2H]C([2H])(c1cc[n+](C)c(-c2ccc3c(oc4ccc5ccccc5c43)c2C)c1)C1CCCCC1. The van der Waals surface area contributed by atoms with Crippen LogP contribution in [0.15, 0.2) is 71.3 Å². The van der Waals surface area contributed by atoms with E-state index in [0.717, 1.165) is 70.0 Å². The highest BCUT2D eigenvalue weighted by molar-refractivity contribution is 6.19. The zero-order valence-corrected chi connectivity index (χ0v) is 18.8. The lowest BCUT2D eigenvalue weighted by molar-refractivity contribution is -0.660. The molecule has 0 unspecified atom stereocenters. The summed E-state index contributed by atoms with van der Waals surface area (Å²) in [6.07, 6.45) is 6.12. The van der Waals surface area contributed by atoms with Gasteiger partial charge in [-0.25, -0.2) is 4.57 Å². The first-order valence-electron chi connectivity index (χ1n) is 12.8. The Balaban J connectivity index is 1.51. The molecule has 0 bridgehead atoms. The number of benzene rings is 3. The Kier molecular flexibility index (Phi) is 4.24. The fourth-order valence-corrected chi connectivity index (χ4v) is 5.43. The fourth-order valence-electron chi connectivity index (χ4n) is 5.43. The summed E-state index contributed by atoms with van der Waals surface area (Å²) in [5.74, 6) is 0.0917. The van der Waals surface area contributed by atoms with E-state index >= 15 is 0 Å². The van der Waals surface area contributed by atoms with Crippen molar-refractivity contribution >= 4 is 32.7 Å². The molecule has 5 aromatic rings. The van der Waals surface area contributed by atoms with Crippen molar-refractivity contribution in [3.8, 4) is 11.3 Å². The molecule has 2 heterocycles. The minimum absolute atomic E-state index is 0.0917. The predicted molar refractivity (Wildman–Crippen MR) is 133 cm³/mol. The monoisotopic (exact) mass is 422 g/mol. The van der Waals surface area contributed by atoms with Crippen LogP contribution >= 0.6 is 0 Å². The number of rotatable bonds is 3. The van der Waals surface area contributed by atoms with Gasteiger partial charge in [-0.3, -0.25) is 0 Å². The summed E-state index contributed by atoms with van der Waals surface area (Å²) in [7, 11) is 2.03. The van der Waals surface area contributed by atoms with Crippen molar-refractivity contribution in [3.63, 3.8) is 0 Å². The zero-order valence-electron chi connectivity index (χ0n) is 20.8. The first kappa shape index (κ1) is 17.4. The van der Waals surface area contributed by atoms with Crippen LogP contribution in [0, 0.1) is 12.8 Å². The highest BCUT2D eigenvalue weighted by Gasteiger charge is 2.21. The van der Waals surface area contributed by atoms with Crippen molar-refractivity contribution in [1.82, 2.24) is 0 Å². The molecule has 1 aliphatic carbocycles. The van der Waals surface area contributed by atoms with Gasteiger partial charge in [-0.05, 0) is 53.7 Å². The molecule has 1 fully saturated rings. The maximum Gasteiger partial charge on any atom is 0.212 e. The lowest BCUT2D eigenvalue weighted by Crippen LogP contribution is -2.31. The van der Waals surface area contributed by atoms with Crippen molar-refractivity contribution < 1.29 is 11.7 Å². The van der Waals surface area contributed by atoms with Gasteiger partial charge >= 0.3 is 0 Å². The van der Waals surface area contributed by atoms with Gasteiger partial charge in [0.15, 0.2) is 6.20 Å². The number of hydrogen-bond acceptors (Lipinski definition) is 1. The molecule has 0 amide bonds. The molecule has 2 heteroatoms. The zero-order chi connectivity index (χ0) is 23.4. The summed E-state index contributed by atoms with van der Waals surface area (Å²) in [4.78, 5) is 0. The molecule has 0 spiro atoms. The Morgan fingerprint density at radius 2 is 1.81 bits per heavy atom. The van der Waals surface area contributed by atoms with E-state index < -0.39 is 6.37 Å². The van der Waals surface area contributed by atoms with Crippen LogP contribution in [0.25, 0.3) is 44.0 Å². The predicted octanol–water partition coefficient (Wildman–Crippen LogP) is 7.66. The van der Waals surface area contributed by atoms with Gasteiger partial charge in [-0.2, -0.15) is 0 Å². The number of pyridine rings is 1. The second-order valence-corrected chi connectivity index (χ2v) is 9.27. The maximum absolute atomic E-state index is 8.96. The molecule has 2 aromatic heterocycles. The molecule has 1 aliphatic rings. The molecule has 0 aliphatic heterocycles. The first-order chi connectivity index (χ1) is 16.4. The van der Waals surface area contributed by atoms with Gasteiger partial charge in [0, 0.05) is 31.2 Å². The largest absolute Gasteiger partial charge is 0.456 e. The average molecular weight is 423 g/mol. The van der Waals surface area contributed by atoms with E-state index in [9.17, 15) is 0 Å². The van der Waals surface area contributed by atoms with Crippen molar-refractivity contribution in [3.05, 3.63) is 78.0 Å². The summed E-state index contributed by atoms with van der Waals surface area (Å²) in [6.45, 7) is 2.12. The standard InChI is InChI=1S/C30H30NO/c1-20-24(27-19-22(16-17-31(27)2)18-21-8-4-3-5-9-21)13-14-26-29-25-11-7-6-10-23(25)12-15-28(29)32-30(20)26/h6-7,10-17,19,21H,3-5,8-9,18H2,1-2H3/q+1/i18D2. The number of fused-ring (bicyclic) bond motifs is 5. The molecule has 6 rings (SSSR count). The summed E-state index contributed by atoms with van der Waals surface area (Å²) in [5.41, 5.74) is 5.78. The molecule has 160 valence electrons. The van der Waals surface area contributed by atoms with Crippen molar-refractivity contribution in [2.45, 2.75) is 45.4 Å². The summed E-state index contributed by atoms with van der Waals surface area (Å²) in [6, 6.07) is 21.0. The van der Waals surface area contributed by atoms with Gasteiger partial charge in [0.25, 0.3) is 0 Å².